The number of aromatic nitrogens is 2. The quantitative estimate of drug-likeness (QED) is 0.810. The van der Waals surface area contributed by atoms with Crippen molar-refractivity contribution in [3.8, 4) is 11.4 Å². The standard InChI is InChI=1S/C14H17FN4/c1-10-13(17-7-3-6-16)9-18-14(19-10)11-4-2-5-12(15)8-11/h2,4-5,8-9,17H,3,6-7,16H2,1H3. The first-order chi connectivity index (χ1) is 9.20. The maximum Gasteiger partial charge on any atom is 0.159 e. The number of rotatable bonds is 5. The van der Waals surface area contributed by atoms with Crippen molar-refractivity contribution in [2.24, 2.45) is 5.73 Å². The number of hydrogen-bond acceptors (Lipinski definition) is 4. The lowest BCUT2D eigenvalue weighted by atomic mass is 10.2. The third-order valence-electron chi connectivity index (χ3n) is 2.76. The van der Waals surface area contributed by atoms with Gasteiger partial charge in [-0.1, -0.05) is 12.1 Å². The van der Waals surface area contributed by atoms with Crippen molar-refractivity contribution in [2.75, 3.05) is 18.4 Å². The maximum atomic E-state index is 13.2. The summed E-state index contributed by atoms with van der Waals surface area (Å²) in [6, 6.07) is 6.27. The Morgan fingerprint density at radius 1 is 1.37 bits per heavy atom. The van der Waals surface area contributed by atoms with Gasteiger partial charge in [0.15, 0.2) is 5.82 Å². The highest BCUT2D eigenvalue weighted by Crippen LogP contribution is 2.19. The molecule has 0 aliphatic carbocycles. The predicted octanol–water partition coefficient (Wildman–Crippen LogP) is 2.35. The van der Waals surface area contributed by atoms with Gasteiger partial charge in [0.2, 0.25) is 0 Å². The van der Waals surface area contributed by atoms with E-state index in [9.17, 15) is 4.39 Å². The third-order valence-corrected chi connectivity index (χ3v) is 2.76. The predicted molar refractivity (Wildman–Crippen MR) is 74.3 cm³/mol. The van der Waals surface area contributed by atoms with E-state index in [2.05, 4.69) is 15.3 Å². The highest BCUT2D eigenvalue weighted by atomic mass is 19.1. The Hall–Kier alpha value is -2.01. The van der Waals surface area contributed by atoms with Gasteiger partial charge in [-0.25, -0.2) is 14.4 Å². The summed E-state index contributed by atoms with van der Waals surface area (Å²) in [5.74, 6) is 0.241. The van der Waals surface area contributed by atoms with Crippen molar-refractivity contribution in [1.29, 1.82) is 0 Å². The van der Waals surface area contributed by atoms with Crippen LogP contribution in [0.3, 0.4) is 0 Å². The topological polar surface area (TPSA) is 63.8 Å². The van der Waals surface area contributed by atoms with Crippen LogP contribution in [-0.2, 0) is 0 Å². The number of nitrogens with zero attached hydrogens (tertiary/aromatic N) is 2. The fourth-order valence-corrected chi connectivity index (χ4v) is 1.73. The molecule has 2 aromatic rings. The maximum absolute atomic E-state index is 13.2. The Bertz CT molecular complexity index is 557. The second-order valence-electron chi connectivity index (χ2n) is 4.27. The zero-order valence-electron chi connectivity index (χ0n) is 10.9. The number of halogens is 1. The van der Waals surface area contributed by atoms with Crippen LogP contribution in [0.1, 0.15) is 12.1 Å². The summed E-state index contributed by atoms with van der Waals surface area (Å²) in [5.41, 5.74) is 7.84. The Morgan fingerprint density at radius 2 is 2.21 bits per heavy atom. The lowest BCUT2D eigenvalue weighted by molar-refractivity contribution is 0.628. The lowest BCUT2D eigenvalue weighted by Gasteiger charge is -2.09. The molecule has 0 saturated carbocycles. The van der Waals surface area contributed by atoms with Crippen LogP contribution < -0.4 is 11.1 Å². The molecular weight excluding hydrogens is 243 g/mol. The van der Waals surface area contributed by atoms with E-state index in [0.717, 1.165) is 24.3 Å². The van der Waals surface area contributed by atoms with Crippen molar-refractivity contribution in [2.45, 2.75) is 13.3 Å². The van der Waals surface area contributed by atoms with E-state index < -0.39 is 0 Å². The molecule has 0 unspecified atom stereocenters. The average Bonchev–Trinajstić information content (AvgIpc) is 2.41. The molecule has 2 rings (SSSR count). The minimum absolute atomic E-state index is 0.288. The van der Waals surface area contributed by atoms with E-state index in [0.29, 0.717) is 17.9 Å². The van der Waals surface area contributed by atoms with Gasteiger partial charge in [-0.3, -0.25) is 0 Å². The molecule has 1 heterocycles. The number of anilines is 1. The van der Waals surface area contributed by atoms with Crippen LogP contribution in [0, 0.1) is 12.7 Å². The van der Waals surface area contributed by atoms with Gasteiger partial charge >= 0.3 is 0 Å². The third kappa shape index (κ3) is 3.48. The summed E-state index contributed by atoms with van der Waals surface area (Å²) in [6.45, 7) is 3.34. The van der Waals surface area contributed by atoms with Gasteiger partial charge in [0.25, 0.3) is 0 Å². The minimum Gasteiger partial charge on any atom is -0.382 e. The molecule has 19 heavy (non-hydrogen) atoms. The van der Waals surface area contributed by atoms with Crippen LogP contribution in [0.15, 0.2) is 30.5 Å². The van der Waals surface area contributed by atoms with Crippen LogP contribution >= 0.6 is 0 Å². The van der Waals surface area contributed by atoms with E-state index in [1.807, 2.05) is 6.92 Å². The lowest BCUT2D eigenvalue weighted by Crippen LogP contribution is -2.10. The van der Waals surface area contributed by atoms with Crippen molar-refractivity contribution < 1.29 is 4.39 Å². The van der Waals surface area contributed by atoms with Gasteiger partial charge in [-0.05, 0) is 32.0 Å². The first-order valence-electron chi connectivity index (χ1n) is 6.24. The summed E-state index contributed by atoms with van der Waals surface area (Å²) >= 11 is 0. The normalized spacial score (nSPS) is 10.5. The zero-order valence-corrected chi connectivity index (χ0v) is 10.9. The van der Waals surface area contributed by atoms with Crippen molar-refractivity contribution in [3.05, 3.63) is 42.0 Å². The van der Waals surface area contributed by atoms with Crippen molar-refractivity contribution in [1.82, 2.24) is 9.97 Å². The number of nitrogens with one attached hydrogen (secondary N) is 1. The Labute approximate surface area is 111 Å². The summed E-state index contributed by atoms with van der Waals surface area (Å²) < 4.78 is 13.2. The zero-order chi connectivity index (χ0) is 13.7. The van der Waals surface area contributed by atoms with E-state index in [4.69, 9.17) is 5.73 Å². The molecule has 3 N–H and O–H groups in total. The van der Waals surface area contributed by atoms with E-state index in [-0.39, 0.29) is 5.82 Å². The monoisotopic (exact) mass is 260 g/mol. The van der Waals surface area contributed by atoms with Gasteiger partial charge in [0.05, 0.1) is 17.6 Å². The fraction of sp³-hybridized carbons (Fsp3) is 0.286. The molecule has 1 aromatic carbocycles. The Balaban J connectivity index is 2.19. The highest BCUT2D eigenvalue weighted by molar-refractivity contribution is 5.57. The molecule has 4 nitrogen and oxygen atoms in total. The van der Waals surface area contributed by atoms with Crippen LogP contribution in [0.5, 0.6) is 0 Å². The first-order valence-corrected chi connectivity index (χ1v) is 6.24. The molecule has 5 heteroatoms. The molecule has 0 amide bonds. The van der Waals surface area contributed by atoms with E-state index in [1.165, 1.54) is 12.1 Å². The van der Waals surface area contributed by atoms with Crippen LogP contribution in [-0.4, -0.2) is 23.1 Å². The molecule has 0 aliphatic rings. The molecule has 0 aliphatic heterocycles. The molecule has 0 atom stereocenters. The molecule has 0 spiro atoms. The summed E-state index contributed by atoms with van der Waals surface area (Å²) in [4.78, 5) is 8.65. The molecule has 1 aromatic heterocycles. The number of aryl methyl sites for hydroxylation is 1. The number of hydrogen-bond donors (Lipinski definition) is 2. The average molecular weight is 260 g/mol. The molecular formula is C14H17FN4. The van der Waals surface area contributed by atoms with Gasteiger partial charge < -0.3 is 11.1 Å². The second-order valence-corrected chi connectivity index (χ2v) is 4.27. The summed E-state index contributed by atoms with van der Waals surface area (Å²) in [5, 5.41) is 3.22. The Kier molecular flexibility index (Phi) is 4.41. The SMILES string of the molecule is Cc1nc(-c2cccc(F)c2)ncc1NCCCN. The van der Waals surface area contributed by atoms with Gasteiger partial charge in [0, 0.05) is 12.1 Å². The number of benzene rings is 1. The number of nitrogens with two attached hydrogens (primary N) is 1. The minimum atomic E-state index is -0.288. The smallest absolute Gasteiger partial charge is 0.159 e. The largest absolute Gasteiger partial charge is 0.382 e. The molecule has 0 fully saturated rings. The second kappa shape index (κ2) is 6.24. The van der Waals surface area contributed by atoms with Gasteiger partial charge in [-0.2, -0.15) is 0 Å². The molecule has 0 bridgehead atoms. The van der Waals surface area contributed by atoms with Crippen LogP contribution in [0.4, 0.5) is 10.1 Å². The molecule has 100 valence electrons. The fourth-order valence-electron chi connectivity index (χ4n) is 1.73. The van der Waals surface area contributed by atoms with Crippen LogP contribution in [0.2, 0.25) is 0 Å². The molecule has 0 radical (unpaired) electrons. The van der Waals surface area contributed by atoms with Gasteiger partial charge in [-0.15, -0.1) is 0 Å². The summed E-state index contributed by atoms with van der Waals surface area (Å²) in [6.07, 6.45) is 2.62. The first kappa shape index (κ1) is 13.4. The van der Waals surface area contributed by atoms with E-state index >= 15 is 0 Å². The summed E-state index contributed by atoms with van der Waals surface area (Å²) in [7, 11) is 0. The van der Waals surface area contributed by atoms with Crippen molar-refractivity contribution in [3.63, 3.8) is 0 Å². The molecule has 0 saturated heterocycles. The van der Waals surface area contributed by atoms with Crippen LogP contribution in [0.25, 0.3) is 11.4 Å². The Morgan fingerprint density at radius 3 is 2.89 bits per heavy atom. The van der Waals surface area contributed by atoms with Crippen molar-refractivity contribution >= 4 is 5.69 Å². The van der Waals surface area contributed by atoms with Gasteiger partial charge in [0.1, 0.15) is 5.82 Å². The van der Waals surface area contributed by atoms with E-state index in [1.54, 1.807) is 18.3 Å². The highest BCUT2D eigenvalue weighted by Gasteiger charge is 2.06.